The molecule has 5 nitrogen and oxygen atoms in total. The Kier molecular flexibility index (Phi) is 4.62. The lowest BCUT2D eigenvalue weighted by Crippen LogP contribution is -2.24. The van der Waals surface area contributed by atoms with Crippen molar-refractivity contribution in [2.24, 2.45) is 7.05 Å². The molecule has 0 saturated carbocycles. The van der Waals surface area contributed by atoms with E-state index in [-0.39, 0.29) is 11.8 Å². The molecule has 0 bridgehead atoms. The van der Waals surface area contributed by atoms with Crippen molar-refractivity contribution in [2.45, 2.75) is 32.7 Å². The predicted octanol–water partition coefficient (Wildman–Crippen LogP) is 2.12. The Morgan fingerprint density at radius 3 is 2.62 bits per heavy atom. The van der Waals surface area contributed by atoms with E-state index in [0.29, 0.717) is 13.0 Å². The third-order valence-electron chi connectivity index (χ3n) is 3.59. The van der Waals surface area contributed by atoms with E-state index in [0.717, 1.165) is 22.5 Å². The number of hydrogen-bond donors (Lipinski definition) is 2. The number of nitrogens with zero attached hydrogens (tertiary/aromatic N) is 2. The zero-order valence-corrected chi connectivity index (χ0v) is 12.8. The SMILES string of the molecule is Cc1nn(C)cc1CNC(=O)CC(C)c1ccc(N)cc1. The smallest absolute Gasteiger partial charge is 0.220 e. The van der Waals surface area contributed by atoms with E-state index in [1.807, 2.05) is 51.4 Å². The monoisotopic (exact) mass is 286 g/mol. The van der Waals surface area contributed by atoms with Crippen LogP contribution in [0.25, 0.3) is 0 Å². The lowest BCUT2D eigenvalue weighted by molar-refractivity contribution is -0.121. The van der Waals surface area contributed by atoms with E-state index in [1.54, 1.807) is 4.68 Å². The summed E-state index contributed by atoms with van der Waals surface area (Å²) in [7, 11) is 1.88. The molecule has 3 N–H and O–H groups in total. The Bertz CT molecular complexity index is 616. The van der Waals surface area contributed by atoms with Gasteiger partial charge in [-0.05, 0) is 30.5 Å². The molecule has 0 saturated heterocycles. The van der Waals surface area contributed by atoms with Crippen LogP contribution in [0.2, 0.25) is 0 Å². The van der Waals surface area contributed by atoms with E-state index in [4.69, 9.17) is 5.73 Å². The summed E-state index contributed by atoms with van der Waals surface area (Å²) in [6.45, 7) is 4.51. The van der Waals surface area contributed by atoms with E-state index in [1.165, 1.54) is 0 Å². The third-order valence-corrected chi connectivity index (χ3v) is 3.59. The molecule has 1 unspecified atom stereocenters. The number of hydrogen-bond acceptors (Lipinski definition) is 3. The van der Waals surface area contributed by atoms with Gasteiger partial charge in [0.2, 0.25) is 5.91 Å². The number of carbonyl (C=O) groups is 1. The van der Waals surface area contributed by atoms with Crippen LogP contribution < -0.4 is 11.1 Å². The highest BCUT2D eigenvalue weighted by Gasteiger charge is 2.12. The fourth-order valence-corrected chi connectivity index (χ4v) is 2.31. The van der Waals surface area contributed by atoms with Crippen LogP contribution in [-0.4, -0.2) is 15.7 Å². The molecule has 1 aromatic carbocycles. The molecule has 21 heavy (non-hydrogen) atoms. The number of anilines is 1. The molecule has 0 spiro atoms. The molecule has 0 aliphatic heterocycles. The Labute approximate surface area is 125 Å². The minimum absolute atomic E-state index is 0.0441. The van der Waals surface area contributed by atoms with Crippen LogP contribution in [0.4, 0.5) is 5.69 Å². The first-order valence-electron chi connectivity index (χ1n) is 7.07. The summed E-state index contributed by atoms with van der Waals surface area (Å²) >= 11 is 0. The van der Waals surface area contributed by atoms with Crippen LogP contribution in [0.5, 0.6) is 0 Å². The van der Waals surface area contributed by atoms with E-state index in [2.05, 4.69) is 10.4 Å². The fraction of sp³-hybridized carbons (Fsp3) is 0.375. The largest absolute Gasteiger partial charge is 0.399 e. The van der Waals surface area contributed by atoms with Crippen molar-refractivity contribution in [3.63, 3.8) is 0 Å². The quantitative estimate of drug-likeness (QED) is 0.827. The summed E-state index contributed by atoms with van der Waals surface area (Å²) in [5.74, 6) is 0.211. The van der Waals surface area contributed by atoms with Gasteiger partial charge in [0.05, 0.1) is 5.69 Å². The van der Waals surface area contributed by atoms with Gasteiger partial charge in [-0.2, -0.15) is 5.10 Å². The van der Waals surface area contributed by atoms with Gasteiger partial charge in [-0.25, -0.2) is 0 Å². The Morgan fingerprint density at radius 2 is 2.05 bits per heavy atom. The summed E-state index contributed by atoms with van der Waals surface area (Å²) in [5, 5.41) is 7.21. The van der Waals surface area contributed by atoms with E-state index in [9.17, 15) is 4.79 Å². The first-order valence-corrected chi connectivity index (χ1v) is 7.07. The van der Waals surface area contributed by atoms with Crippen molar-refractivity contribution in [3.05, 3.63) is 47.3 Å². The number of aromatic nitrogens is 2. The summed E-state index contributed by atoms with van der Waals surface area (Å²) in [4.78, 5) is 12.0. The number of benzene rings is 1. The van der Waals surface area contributed by atoms with Crippen LogP contribution in [0.1, 0.15) is 36.1 Å². The van der Waals surface area contributed by atoms with E-state index >= 15 is 0 Å². The number of aryl methyl sites for hydroxylation is 2. The first-order chi connectivity index (χ1) is 9.95. The number of rotatable bonds is 5. The molecule has 0 aliphatic rings. The van der Waals surface area contributed by atoms with Crippen molar-refractivity contribution in [2.75, 3.05) is 5.73 Å². The van der Waals surface area contributed by atoms with Gasteiger partial charge in [0.25, 0.3) is 0 Å². The maximum Gasteiger partial charge on any atom is 0.220 e. The fourth-order valence-electron chi connectivity index (χ4n) is 2.31. The van der Waals surface area contributed by atoms with Crippen molar-refractivity contribution in [3.8, 4) is 0 Å². The number of nitrogens with one attached hydrogen (secondary N) is 1. The number of carbonyl (C=O) groups excluding carboxylic acids is 1. The summed E-state index contributed by atoms with van der Waals surface area (Å²) in [6, 6.07) is 7.67. The van der Waals surface area contributed by atoms with E-state index < -0.39 is 0 Å². The molecule has 0 radical (unpaired) electrons. The van der Waals surface area contributed by atoms with Gasteiger partial charge >= 0.3 is 0 Å². The summed E-state index contributed by atoms with van der Waals surface area (Å²) < 4.78 is 1.76. The molecule has 2 rings (SSSR count). The average molecular weight is 286 g/mol. The summed E-state index contributed by atoms with van der Waals surface area (Å²) in [5.41, 5.74) is 9.53. The van der Waals surface area contributed by atoms with Crippen LogP contribution in [-0.2, 0) is 18.4 Å². The second-order valence-electron chi connectivity index (χ2n) is 5.46. The maximum atomic E-state index is 12.0. The van der Waals surface area contributed by atoms with Crippen molar-refractivity contribution in [1.29, 1.82) is 0 Å². The predicted molar refractivity (Wildman–Crippen MR) is 83.7 cm³/mol. The molecule has 1 atom stereocenters. The lowest BCUT2D eigenvalue weighted by Gasteiger charge is -2.12. The highest BCUT2D eigenvalue weighted by Crippen LogP contribution is 2.20. The molecule has 5 heteroatoms. The molecule has 0 fully saturated rings. The second kappa shape index (κ2) is 6.43. The number of nitrogens with two attached hydrogens (primary N) is 1. The van der Waals surface area contributed by atoms with Gasteiger partial charge in [-0.15, -0.1) is 0 Å². The minimum Gasteiger partial charge on any atom is -0.399 e. The van der Waals surface area contributed by atoms with Gasteiger partial charge in [-0.3, -0.25) is 9.48 Å². The zero-order chi connectivity index (χ0) is 15.4. The normalized spacial score (nSPS) is 12.1. The molecule has 2 aromatic rings. The topological polar surface area (TPSA) is 72.9 Å². The third kappa shape index (κ3) is 4.08. The van der Waals surface area contributed by atoms with Crippen LogP contribution >= 0.6 is 0 Å². The molecule has 112 valence electrons. The van der Waals surface area contributed by atoms with Gasteiger partial charge in [-0.1, -0.05) is 19.1 Å². The van der Waals surface area contributed by atoms with Gasteiger partial charge < -0.3 is 11.1 Å². The standard InChI is InChI=1S/C16H22N4O/c1-11(13-4-6-15(17)7-5-13)8-16(21)18-9-14-10-20(3)19-12(14)2/h4-7,10-11H,8-9,17H2,1-3H3,(H,18,21). The number of nitrogen functional groups attached to an aromatic ring is 1. The van der Waals surface area contributed by atoms with Gasteiger partial charge in [0.1, 0.15) is 0 Å². The first kappa shape index (κ1) is 15.1. The lowest BCUT2D eigenvalue weighted by atomic mass is 9.97. The van der Waals surface area contributed by atoms with Gasteiger partial charge in [0.15, 0.2) is 0 Å². The zero-order valence-electron chi connectivity index (χ0n) is 12.8. The average Bonchev–Trinajstić information content (AvgIpc) is 2.75. The highest BCUT2D eigenvalue weighted by molar-refractivity contribution is 5.76. The molecule has 1 amide bonds. The number of amides is 1. The van der Waals surface area contributed by atoms with Crippen LogP contribution in [0.15, 0.2) is 30.5 Å². The molecule has 1 heterocycles. The molecule has 0 aliphatic carbocycles. The van der Waals surface area contributed by atoms with Crippen molar-refractivity contribution in [1.82, 2.24) is 15.1 Å². The second-order valence-corrected chi connectivity index (χ2v) is 5.46. The minimum atomic E-state index is 0.0441. The Hall–Kier alpha value is -2.30. The molecular weight excluding hydrogens is 264 g/mol. The Morgan fingerprint density at radius 1 is 1.38 bits per heavy atom. The highest BCUT2D eigenvalue weighted by atomic mass is 16.1. The van der Waals surface area contributed by atoms with Gasteiger partial charge in [0, 0.05) is 37.5 Å². The molecular formula is C16H22N4O. The maximum absolute atomic E-state index is 12.0. The Balaban J connectivity index is 1.86. The van der Waals surface area contributed by atoms with Crippen molar-refractivity contribution < 1.29 is 4.79 Å². The van der Waals surface area contributed by atoms with Crippen LogP contribution in [0, 0.1) is 6.92 Å². The molecule has 1 aromatic heterocycles. The van der Waals surface area contributed by atoms with Crippen LogP contribution in [0.3, 0.4) is 0 Å². The van der Waals surface area contributed by atoms with Crippen molar-refractivity contribution >= 4 is 11.6 Å². The summed E-state index contributed by atoms with van der Waals surface area (Å²) in [6.07, 6.45) is 2.39.